The zero-order chi connectivity index (χ0) is 12.3. The summed E-state index contributed by atoms with van der Waals surface area (Å²) in [4.78, 5) is 0. The van der Waals surface area contributed by atoms with Crippen LogP contribution in [0.5, 0.6) is 0 Å². The number of hydrogen-bond donors (Lipinski definition) is 2. The molecule has 1 unspecified atom stereocenters. The minimum Gasteiger partial charge on any atom is -0.467 e. The number of rotatable bonds is 4. The van der Waals surface area contributed by atoms with Crippen LogP contribution in [0.3, 0.4) is 0 Å². The fraction of sp³-hybridized carbons (Fsp3) is 0.286. The third-order valence-corrected chi connectivity index (χ3v) is 2.82. The number of nitrogens with one attached hydrogen (secondary N) is 1. The average molecular weight is 231 g/mol. The van der Waals surface area contributed by atoms with E-state index in [4.69, 9.17) is 4.42 Å². The number of aliphatic hydroxyl groups excluding tert-OH is 1. The zero-order valence-corrected chi connectivity index (χ0v) is 10.1. The second-order valence-electron chi connectivity index (χ2n) is 4.18. The lowest BCUT2D eigenvalue weighted by Crippen LogP contribution is -2.13. The molecule has 3 nitrogen and oxygen atoms in total. The topological polar surface area (TPSA) is 45.4 Å². The molecule has 3 heteroatoms. The number of furan rings is 1. The second-order valence-corrected chi connectivity index (χ2v) is 4.18. The largest absolute Gasteiger partial charge is 0.467 e. The molecule has 0 bridgehead atoms. The summed E-state index contributed by atoms with van der Waals surface area (Å²) in [6.07, 6.45) is 0.946. The van der Waals surface area contributed by atoms with Crippen LogP contribution in [0.25, 0.3) is 0 Å². The van der Waals surface area contributed by atoms with Gasteiger partial charge in [-0.25, -0.2) is 0 Å². The van der Waals surface area contributed by atoms with Crippen molar-refractivity contribution in [2.75, 3.05) is 11.9 Å². The normalized spacial score (nSPS) is 12.4. The minimum atomic E-state index is -0.621. The van der Waals surface area contributed by atoms with Gasteiger partial charge in [0.1, 0.15) is 11.9 Å². The minimum absolute atomic E-state index is 0.444. The third kappa shape index (κ3) is 2.68. The van der Waals surface area contributed by atoms with Crippen molar-refractivity contribution in [3.05, 3.63) is 53.5 Å². The van der Waals surface area contributed by atoms with Crippen LogP contribution < -0.4 is 5.32 Å². The number of aliphatic hydroxyl groups is 1. The van der Waals surface area contributed by atoms with E-state index in [1.807, 2.05) is 6.07 Å². The van der Waals surface area contributed by atoms with Gasteiger partial charge >= 0.3 is 0 Å². The smallest absolute Gasteiger partial charge is 0.134 e. The van der Waals surface area contributed by atoms with Crippen LogP contribution in [0.1, 0.15) is 23.0 Å². The molecule has 0 aliphatic rings. The predicted molar refractivity (Wildman–Crippen MR) is 68.1 cm³/mol. The third-order valence-electron chi connectivity index (χ3n) is 2.82. The van der Waals surface area contributed by atoms with E-state index < -0.39 is 6.10 Å². The Kier molecular flexibility index (Phi) is 3.49. The van der Waals surface area contributed by atoms with Gasteiger partial charge < -0.3 is 14.8 Å². The Bertz CT molecular complexity index is 457. The van der Waals surface area contributed by atoms with Gasteiger partial charge in [0.2, 0.25) is 0 Å². The highest BCUT2D eigenvalue weighted by atomic mass is 16.4. The zero-order valence-electron chi connectivity index (χ0n) is 10.1. The molecule has 1 aromatic carbocycles. The van der Waals surface area contributed by atoms with Crippen LogP contribution in [0, 0.1) is 13.8 Å². The van der Waals surface area contributed by atoms with Crippen molar-refractivity contribution in [2.45, 2.75) is 20.0 Å². The monoisotopic (exact) mass is 231 g/mol. The Morgan fingerprint density at radius 2 is 1.88 bits per heavy atom. The first-order valence-electron chi connectivity index (χ1n) is 5.70. The van der Waals surface area contributed by atoms with Crippen molar-refractivity contribution >= 4 is 5.69 Å². The van der Waals surface area contributed by atoms with Crippen LogP contribution in [-0.4, -0.2) is 11.7 Å². The Morgan fingerprint density at radius 1 is 1.18 bits per heavy atom. The summed E-state index contributed by atoms with van der Waals surface area (Å²) in [5.74, 6) is 0.587. The van der Waals surface area contributed by atoms with Gasteiger partial charge in [0.15, 0.2) is 0 Å². The number of hydrogen-bond acceptors (Lipinski definition) is 3. The van der Waals surface area contributed by atoms with E-state index in [1.54, 1.807) is 18.4 Å². The van der Waals surface area contributed by atoms with Crippen molar-refractivity contribution in [1.82, 2.24) is 0 Å². The Morgan fingerprint density at radius 3 is 2.47 bits per heavy atom. The van der Waals surface area contributed by atoms with Crippen LogP contribution in [0.15, 0.2) is 41.0 Å². The number of aryl methyl sites for hydroxylation is 2. The lowest BCUT2D eigenvalue weighted by atomic mass is 10.1. The molecule has 1 heterocycles. The fourth-order valence-corrected chi connectivity index (χ4v) is 1.87. The first-order valence-corrected chi connectivity index (χ1v) is 5.70. The molecule has 0 fully saturated rings. The van der Waals surface area contributed by atoms with E-state index in [-0.39, 0.29) is 0 Å². The highest BCUT2D eigenvalue weighted by Gasteiger charge is 2.11. The predicted octanol–water partition coefficient (Wildman–Crippen LogP) is 3.04. The molecule has 1 atom stereocenters. The van der Waals surface area contributed by atoms with Gasteiger partial charge in [0.25, 0.3) is 0 Å². The molecule has 0 saturated heterocycles. The summed E-state index contributed by atoms with van der Waals surface area (Å²) >= 11 is 0. The fourth-order valence-electron chi connectivity index (χ4n) is 1.87. The lowest BCUT2D eigenvalue weighted by Gasteiger charge is -2.14. The van der Waals surface area contributed by atoms with Crippen molar-refractivity contribution in [3.63, 3.8) is 0 Å². The van der Waals surface area contributed by atoms with E-state index in [1.165, 1.54) is 11.1 Å². The molecule has 90 valence electrons. The van der Waals surface area contributed by atoms with Gasteiger partial charge in [0, 0.05) is 12.2 Å². The molecule has 0 radical (unpaired) electrons. The van der Waals surface area contributed by atoms with Gasteiger partial charge in [-0.2, -0.15) is 0 Å². The molecular formula is C14H17NO2. The van der Waals surface area contributed by atoms with Crippen molar-refractivity contribution in [2.24, 2.45) is 0 Å². The highest BCUT2D eigenvalue weighted by molar-refractivity contribution is 5.56. The summed E-state index contributed by atoms with van der Waals surface area (Å²) in [6, 6.07) is 9.68. The molecule has 17 heavy (non-hydrogen) atoms. The number of benzene rings is 1. The quantitative estimate of drug-likeness (QED) is 0.850. The molecule has 2 N–H and O–H groups in total. The van der Waals surface area contributed by atoms with Crippen molar-refractivity contribution < 1.29 is 9.52 Å². The molecular weight excluding hydrogens is 214 g/mol. The summed E-state index contributed by atoms with van der Waals surface area (Å²) in [5, 5.41) is 13.2. The molecule has 1 aromatic heterocycles. The molecule has 0 aliphatic carbocycles. The molecule has 2 rings (SSSR count). The average Bonchev–Trinajstić information content (AvgIpc) is 2.81. The van der Waals surface area contributed by atoms with Gasteiger partial charge in [-0.3, -0.25) is 0 Å². The van der Waals surface area contributed by atoms with Crippen molar-refractivity contribution in [1.29, 1.82) is 0 Å². The molecule has 0 spiro atoms. The summed E-state index contributed by atoms with van der Waals surface area (Å²) in [7, 11) is 0. The van der Waals surface area contributed by atoms with Crippen LogP contribution >= 0.6 is 0 Å². The van der Waals surface area contributed by atoms with E-state index in [2.05, 4.69) is 31.3 Å². The van der Waals surface area contributed by atoms with Crippen LogP contribution in [0.2, 0.25) is 0 Å². The molecule has 0 saturated carbocycles. The maximum absolute atomic E-state index is 9.90. The van der Waals surface area contributed by atoms with Gasteiger partial charge in [0.05, 0.1) is 6.26 Å². The van der Waals surface area contributed by atoms with E-state index in [0.29, 0.717) is 12.3 Å². The molecule has 0 amide bonds. The standard InChI is InChI=1S/C14H17NO2/c1-10-5-3-6-11(2)14(10)15-9-12(16)13-7-4-8-17-13/h3-8,12,15-16H,9H2,1-2H3. The van der Waals surface area contributed by atoms with Crippen LogP contribution in [0.4, 0.5) is 5.69 Å². The van der Waals surface area contributed by atoms with E-state index >= 15 is 0 Å². The maximum atomic E-state index is 9.90. The Labute approximate surface area is 101 Å². The van der Waals surface area contributed by atoms with Gasteiger partial charge in [-0.15, -0.1) is 0 Å². The molecule has 0 aliphatic heterocycles. The van der Waals surface area contributed by atoms with E-state index in [0.717, 1.165) is 5.69 Å². The number of anilines is 1. The van der Waals surface area contributed by atoms with Gasteiger partial charge in [-0.05, 0) is 37.1 Å². The first-order chi connectivity index (χ1) is 8.18. The van der Waals surface area contributed by atoms with Gasteiger partial charge in [-0.1, -0.05) is 18.2 Å². The Balaban J connectivity index is 2.03. The van der Waals surface area contributed by atoms with Crippen LogP contribution in [-0.2, 0) is 0 Å². The maximum Gasteiger partial charge on any atom is 0.134 e. The summed E-state index contributed by atoms with van der Waals surface area (Å²) < 4.78 is 5.15. The first kappa shape index (κ1) is 11.7. The van der Waals surface area contributed by atoms with Crippen molar-refractivity contribution in [3.8, 4) is 0 Å². The van der Waals surface area contributed by atoms with E-state index in [9.17, 15) is 5.11 Å². The number of para-hydroxylation sites is 1. The Hall–Kier alpha value is -1.74. The summed E-state index contributed by atoms with van der Waals surface area (Å²) in [6.45, 7) is 4.54. The molecule has 2 aromatic rings. The second kappa shape index (κ2) is 5.06. The lowest BCUT2D eigenvalue weighted by molar-refractivity contribution is 0.162. The SMILES string of the molecule is Cc1cccc(C)c1NCC(O)c1ccco1. The highest BCUT2D eigenvalue weighted by Crippen LogP contribution is 2.21. The summed E-state index contributed by atoms with van der Waals surface area (Å²) in [5.41, 5.74) is 3.44.